The van der Waals surface area contributed by atoms with Gasteiger partial charge in [0.25, 0.3) is 0 Å². The van der Waals surface area contributed by atoms with E-state index in [9.17, 15) is 4.79 Å². The van der Waals surface area contributed by atoms with Gasteiger partial charge in [0.2, 0.25) is 5.91 Å². The first-order chi connectivity index (χ1) is 9.81. The van der Waals surface area contributed by atoms with E-state index in [1.54, 1.807) is 0 Å². The first-order valence-electron chi connectivity index (χ1n) is 7.73. The molecule has 1 aromatic rings. The zero-order valence-corrected chi connectivity index (χ0v) is 11.9. The quantitative estimate of drug-likeness (QED) is 0.912. The number of piperidine rings is 1. The number of likely N-dealkylation sites (tertiary alicyclic amines) is 1. The van der Waals surface area contributed by atoms with Crippen LogP contribution in [0.2, 0.25) is 0 Å². The maximum absolute atomic E-state index is 12.1. The fourth-order valence-electron chi connectivity index (χ4n) is 2.97. The summed E-state index contributed by atoms with van der Waals surface area (Å²) >= 11 is 0. The third-order valence-corrected chi connectivity index (χ3v) is 4.57. The molecule has 1 N–H and O–H groups in total. The summed E-state index contributed by atoms with van der Waals surface area (Å²) in [5.74, 6) is 0.516. The Kier molecular flexibility index (Phi) is 4.31. The number of nitrogens with one attached hydrogen (secondary N) is 1. The fourth-order valence-corrected chi connectivity index (χ4v) is 2.97. The molecule has 0 radical (unpaired) electrons. The molecule has 3 rings (SSSR count). The van der Waals surface area contributed by atoms with Gasteiger partial charge in [0.1, 0.15) is 0 Å². The molecule has 0 spiro atoms. The van der Waals surface area contributed by atoms with Gasteiger partial charge in [-0.25, -0.2) is 0 Å². The largest absolute Gasteiger partial charge is 0.353 e. The van der Waals surface area contributed by atoms with Crippen LogP contribution in [0, 0.1) is 5.92 Å². The molecule has 1 saturated heterocycles. The van der Waals surface area contributed by atoms with Gasteiger partial charge in [-0.1, -0.05) is 0 Å². The van der Waals surface area contributed by atoms with Gasteiger partial charge in [0.15, 0.2) is 0 Å². The minimum Gasteiger partial charge on any atom is -0.353 e. The molecule has 1 aliphatic carbocycles. The van der Waals surface area contributed by atoms with Gasteiger partial charge in [-0.15, -0.1) is 0 Å². The van der Waals surface area contributed by atoms with E-state index in [0.717, 1.165) is 32.5 Å². The molecule has 2 heterocycles. The number of hydrogen-bond acceptors (Lipinski definition) is 3. The fraction of sp³-hybridized carbons (Fsp3) is 0.625. The van der Waals surface area contributed by atoms with Crippen LogP contribution in [0.5, 0.6) is 0 Å². The zero-order chi connectivity index (χ0) is 13.8. The van der Waals surface area contributed by atoms with E-state index >= 15 is 0 Å². The van der Waals surface area contributed by atoms with Crippen molar-refractivity contribution in [2.45, 2.75) is 44.7 Å². The maximum Gasteiger partial charge on any atom is 0.223 e. The highest BCUT2D eigenvalue weighted by Gasteiger charge is 2.27. The number of rotatable bonds is 4. The van der Waals surface area contributed by atoms with Crippen molar-refractivity contribution in [1.29, 1.82) is 0 Å². The molecule has 2 fully saturated rings. The number of nitrogens with zero attached hydrogens (tertiary/aromatic N) is 2. The molecule has 4 nitrogen and oxygen atoms in total. The Morgan fingerprint density at radius 3 is 2.50 bits per heavy atom. The Morgan fingerprint density at radius 2 is 1.90 bits per heavy atom. The molecule has 1 aromatic heterocycles. The van der Waals surface area contributed by atoms with Gasteiger partial charge >= 0.3 is 0 Å². The summed E-state index contributed by atoms with van der Waals surface area (Å²) in [6, 6.07) is 4.60. The molecule has 0 unspecified atom stereocenters. The minimum absolute atomic E-state index is 0.226. The van der Waals surface area contributed by atoms with Gasteiger partial charge in [-0.3, -0.25) is 14.7 Å². The smallest absolute Gasteiger partial charge is 0.223 e. The van der Waals surface area contributed by atoms with Crippen molar-refractivity contribution in [3.8, 4) is 0 Å². The van der Waals surface area contributed by atoms with Crippen LogP contribution in [-0.4, -0.2) is 34.9 Å². The number of carbonyl (C=O) groups excluding carboxylic acids is 1. The molecule has 1 aliphatic heterocycles. The Bertz CT molecular complexity index is 436. The topological polar surface area (TPSA) is 45.2 Å². The molecule has 108 valence electrons. The predicted molar refractivity (Wildman–Crippen MR) is 78.0 cm³/mol. The molecule has 0 atom stereocenters. The minimum atomic E-state index is 0.226. The van der Waals surface area contributed by atoms with E-state index in [-0.39, 0.29) is 5.92 Å². The number of carbonyl (C=O) groups is 1. The van der Waals surface area contributed by atoms with E-state index in [1.165, 1.54) is 24.8 Å². The lowest BCUT2D eigenvalue weighted by atomic mass is 9.90. The van der Waals surface area contributed by atoms with Gasteiger partial charge < -0.3 is 5.32 Å². The second kappa shape index (κ2) is 6.35. The summed E-state index contributed by atoms with van der Waals surface area (Å²) in [5.41, 5.74) is 1.30. The molecule has 4 heteroatoms. The summed E-state index contributed by atoms with van der Waals surface area (Å²) in [5, 5.41) is 3.18. The number of aromatic nitrogens is 1. The third-order valence-electron chi connectivity index (χ3n) is 4.57. The Balaban J connectivity index is 1.43. The monoisotopic (exact) mass is 273 g/mol. The summed E-state index contributed by atoms with van der Waals surface area (Å²) in [6.45, 7) is 3.01. The standard InChI is InChI=1S/C16H23N3O/c20-16(18-15-2-1-3-15)14-6-10-19(11-7-14)12-13-4-8-17-9-5-13/h4-5,8-9,14-15H,1-3,6-7,10-12H2,(H,18,20). The van der Waals surface area contributed by atoms with Crippen LogP contribution < -0.4 is 5.32 Å². The summed E-state index contributed by atoms with van der Waals surface area (Å²) in [4.78, 5) is 18.6. The maximum atomic E-state index is 12.1. The SMILES string of the molecule is O=C(NC1CCC1)C1CCN(Cc2ccncc2)CC1. The van der Waals surface area contributed by atoms with Crippen LogP contribution in [0.4, 0.5) is 0 Å². The predicted octanol–water partition coefficient (Wildman–Crippen LogP) is 1.96. The third kappa shape index (κ3) is 3.37. The van der Waals surface area contributed by atoms with Crippen LogP contribution >= 0.6 is 0 Å². The number of amides is 1. The highest BCUT2D eigenvalue weighted by atomic mass is 16.1. The molecule has 20 heavy (non-hydrogen) atoms. The van der Waals surface area contributed by atoms with Gasteiger partial charge in [0, 0.05) is 30.9 Å². The Hall–Kier alpha value is -1.42. The lowest BCUT2D eigenvalue weighted by molar-refractivity contribution is -0.127. The number of hydrogen-bond donors (Lipinski definition) is 1. The van der Waals surface area contributed by atoms with Crippen LogP contribution in [-0.2, 0) is 11.3 Å². The van der Waals surface area contributed by atoms with Crippen LogP contribution in [0.15, 0.2) is 24.5 Å². The van der Waals surface area contributed by atoms with Crippen molar-refractivity contribution in [1.82, 2.24) is 15.2 Å². The van der Waals surface area contributed by atoms with Crippen LogP contribution in [0.1, 0.15) is 37.7 Å². The van der Waals surface area contributed by atoms with Crippen molar-refractivity contribution in [3.63, 3.8) is 0 Å². The van der Waals surface area contributed by atoms with E-state index in [0.29, 0.717) is 11.9 Å². The molecule has 1 saturated carbocycles. The van der Waals surface area contributed by atoms with Crippen molar-refractivity contribution in [2.75, 3.05) is 13.1 Å². The molecular formula is C16H23N3O. The highest BCUT2D eigenvalue weighted by Crippen LogP contribution is 2.22. The second-order valence-electron chi connectivity index (χ2n) is 6.04. The lowest BCUT2D eigenvalue weighted by Crippen LogP contribution is -2.45. The van der Waals surface area contributed by atoms with Crippen molar-refractivity contribution >= 4 is 5.91 Å². The second-order valence-corrected chi connectivity index (χ2v) is 6.04. The van der Waals surface area contributed by atoms with Crippen molar-refractivity contribution in [2.24, 2.45) is 5.92 Å². The van der Waals surface area contributed by atoms with Gasteiger partial charge in [0.05, 0.1) is 0 Å². The van der Waals surface area contributed by atoms with Gasteiger partial charge in [-0.2, -0.15) is 0 Å². The first kappa shape index (κ1) is 13.6. The van der Waals surface area contributed by atoms with Crippen molar-refractivity contribution < 1.29 is 4.79 Å². The number of pyridine rings is 1. The van der Waals surface area contributed by atoms with Crippen molar-refractivity contribution in [3.05, 3.63) is 30.1 Å². The van der Waals surface area contributed by atoms with E-state index in [1.807, 2.05) is 12.4 Å². The van der Waals surface area contributed by atoms with E-state index in [4.69, 9.17) is 0 Å². The Labute approximate surface area is 120 Å². The van der Waals surface area contributed by atoms with Crippen LogP contribution in [0.25, 0.3) is 0 Å². The summed E-state index contributed by atoms with van der Waals surface area (Å²) in [7, 11) is 0. The van der Waals surface area contributed by atoms with E-state index < -0.39 is 0 Å². The summed E-state index contributed by atoms with van der Waals surface area (Å²) < 4.78 is 0. The Morgan fingerprint density at radius 1 is 1.20 bits per heavy atom. The molecule has 0 aromatic carbocycles. The first-order valence-corrected chi connectivity index (χ1v) is 7.73. The molecular weight excluding hydrogens is 250 g/mol. The van der Waals surface area contributed by atoms with Gasteiger partial charge in [-0.05, 0) is 62.9 Å². The lowest BCUT2D eigenvalue weighted by Gasteiger charge is -2.33. The zero-order valence-electron chi connectivity index (χ0n) is 11.9. The normalized spacial score (nSPS) is 21.4. The van der Waals surface area contributed by atoms with Crippen LogP contribution in [0.3, 0.4) is 0 Å². The molecule has 1 amide bonds. The average molecular weight is 273 g/mol. The van der Waals surface area contributed by atoms with E-state index in [2.05, 4.69) is 27.3 Å². The average Bonchev–Trinajstić information content (AvgIpc) is 2.44. The summed E-state index contributed by atoms with van der Waals surface area (Å²) in [6.07, 6.45) is 9.28. The molecule has 0 bridgehead atoms. The molecule has 2 aliphatic rings. The highest BCUT2D eigenvalue weighted by molar-refractivity contribution is 5.79.